The second-order valence-corrected chi connectivity index (χ2v) is 5.47. The molecule has 6 nitrogen and oxygen atoms in total. The first-order valence-corrected chi connectivity index (χ1v) is 6.09. The van der Waals surface area contributed by atoms with Crippen LogP contribution in [0.3, 0.4) is 0 Å². The molecule has 0 bridgehead atoms. The molecule has 0 fully saturated rings. The molecule has 0 aromatic carbocycles. The molecule has 0 spiro atoms. The van der Waals surface area contributed by atoms with Crippen molar-refractivity contribution in [1.29, 1.82) is 0 Å². The third-order valence-electron chi connectivity index (χ3n) is 2.69. The Balaban J connectivity index is 2.65. The van der Waals surface area contributed by atoms with Crippen molar-refractivity contribution in [3.05, 3.63) is 29.6 Å². The van der Waals surface area contributed by atoms with Crippen molar-refractivity contribution in [2.45, 2.75) is 0 Å². The Morgan fingerprint density at radius 3 is 2.68 bits per heavy atom. The van der Waals surface area contributed by atoms with E-state index in [2.05, 4.69) is 31.6 Å². The lowest BCUT2D eigenvalue weighted by Gasteiger charge is -2.23. The van der Waals surface area contributed by atoms with E-state index in [1.807, 2.05) is 0 Å². The zero-order valence-electron chi connectivity index (χ0n) is 11.9. The van der Waals surface area contributed by atoms with Gasteiger partial charge in [0, 0.05) is 6.07 Å². The fourth-order valence-corrected chi connectivity index (χ4v) is 1.55. The summed E-state index contributed by atoms with van der Waals surface area (Å²) in [5.74, 6) is -0.100. The van der Waals surface area contributed by atoms with Gasteiger partial charge < -0.3 is 15.0 Å². The summed E-state index contributed by atoms with van der Waals surface area (Å²) < 4.78 is 2.54. The van der Waals surface area contributed by atoms with E-state index in [1.54, 1.807) is 29.9 Å². The summed E-state index contributed by atoms with van der Waals surface area (Å²) in [4.78, 5) is 11.9. The molecule has 0 aliphatic carbocycles. The molecular weight excluding hydrogens is 244 g/mol. The number of hydrogen-bond acceptors (Lipinski definition) is 3. The van der Waals surface area contributed by atoms with Gasteiger partial charge in [-0.3, -0.25) is 4.79 Å². The van der Waals surface area contributed by atoms with Crippen molar-refractivity contribution in [2.24, 2.45) is 12.2 Å². The highest BCUT2D eigenvalue weighted by Gasteiger charge is 2.13. The SMILES string of the molecule is C[n+]1cc(C(=O)NCC[N+](C)(C)C)ccc1/C=N\O. The summed E-state index contributed by atoms with van der Waals surface area (Å²) in [6.07, 6.45) is 3.02. The molecule has 0 saturated carbocycles. The fourth-order valence-electron chi connectivity index (χ4n) is 1.55. The molecule has 0 aliphatic rings. The fraction of sp³-hybridized carbons (Fsp3) is 0.462. The first-order valence-electron chi connectivity index (χ1n) is 6.09. The van der Waals surface area contributed by atoms with Crippen molar-refractivity contribution < 1.29 is 19.1 Å². The topological polar surface area (TPSA) is 65.6 Å². The lowest BCUT2D eigenvalue weighted by atomic mass is 10.2. The average Bonchev–Trinajstić information content (AvgIpc) is 2.30. The van der Waals surface area contributed by atoms with Crippen LogP contribution in [0.5, 0.6) is 0 Å². The number of hydrogen-bond donors (Lipinski definition) is 2. The zero-order valence-corrected chi connectivity index (χ0v) is 11.9. The maximum absolute atomic E-state index is 11.9. The summed E-state index contributed by atoms with van der Waals surface area (Å²) in [5, 5.41) is 14.3. The van der Waals surface area contributed by atoms with Crippen LogP contribution in [-0.4, -0.2) is 56.0 Å². The Bertz CT molecular complexity index is 478. The molecule has 1 aromatic heterocycles. The molecule has 0 saturated heterocycles. The van der Waals surface area contributed by atoms with Gasteiger partial charge in [-0.05, 0) is 6.07 Å². The van der Waals surface area contributed by atoms with Crippen LogP contribution in [0, 0.1) is 0 Å². The van der Waals surface area contributed by atoms with Crippen molar-refractivity contribution in [3.8, 4) is 0 Å². The van der Waals surface area contributed by atoms with Crippen LogP contribution in [0.15, 0.2) is 23.5 Å². The molecule has 6 heteroatoms. The van der Waals surface area contributed by atoms with Gasteiger partial charge >= 0.3 is 0 Å². The molecule has 2 N–H and O–H groups in total. The highest BCUT2D eigenvalue weighted by molar-refractivity contribution is 5.93. The first kappa shape index (κ1) is 15.1. The van der Waals surface area contributed by atoms with Gasteiger partial charge in [0.05, 0.1) is 34.2 Å². The lowest BCUT2D eigenvalue weighted by molar-refractivity contribution is -0.869. The van der Waals surface area contributed by atoms with Gasteiger partial charge in [0.25, 0.3) is 5.91 Å². The summed E-state index contributed by atoms with van der Waals surface area (Å²) >= 11 is 0. The number of quaternary nitrogens is 1. The maximum atomic E-state index is 11.9. The number of nitrogens with zero attached hydrogens (tertiary/aromatic N) is 3. The molecule has 104 valence electrons. The molecule has 19 heavy (non-hydrogen) atoms. The quantitative estimate of drug-likeness (QED) is 0.254. The Hall–Kier alpha value is -1.95. The van der Waals surface area contributed by atoms with Crippen LogP contribution < -0.4 is 9.88 Å². The van der Waals surface area contributed by atoms with Crippen LogP contribution >= 0.6 is 0 Å². The number of carbonyl (C=O) groups excluding carboxylic acids is 1. The molecule has 1 aromatic rings. The van der Waals surface area contributed by atoms with Crippen LogP contribution in [0.2, 0.25) is 0 Å². The minimum Gasteiger partial charge on any atom is -0.411 e. The van der Waals surface area contributed by atoms with Crippen molar-refractivity contribution >= 4 is 12.1 Å². The van der Waals surface area contributed by atoms with Gasteiger partial charge in [-0.1, -0.05) is 5.16 Å². The second kappa shape index (κ2) is 6.29. The number of aromatic nitrogens is 1. The van der Waals surface area contributed by atoms with Crippen LogP contribution in [0.4, 0.5) is 0 Å². The summed E-state index contributed by atoms with van der Waals surface area (Å²) in [6.45, 7) is 1.50. The van der Waals surface area contributed by atoms with Crippen LogP contribution in [-0.2, 0) is 7.05 Å². The Labute approximate surface area is 113 Å². The standard InChI is InChI=1S/C13H20N4O2/c1-16-10-11(5-6-12(16)9-15-19)13(18)14-7-8-17(2,3)4/h5-6,9-10H,7-8H2,1-4H3/p+2. The molecule has 1 heterocycles. The van der Waals surface area contributed by atoms with E-state index >= 15 is 0 Å². The van der Waals surface area contributed by atoms with Gasteiger partial charge in [0.15, 0.2) is 6.20 Å². The molecule has 1 rings (SSSR count). The monoisotopic (exact) mass is 266 g/mol. The van der Waals surface area contributed by atoms with E-state index in [4.69, 9.17) is 5.21 Å². The van der Waals surface area contributed by atoms with Crippen LogP contribution in [0.1, 0.15) is 16.1 Å². The van der Waals surface area contributed by atoms with Gasteiger partial charge in [-0.15, -0.1) is 0 Å². The maximum Gasteiger partial charge on any atom is 0.257 e. The minimum absolute atomic E-state index is 0.100. The predicted octanol–water partition coefficient (Wildman–Crippen LogP) is -0.245. The van der Waals surface area contributed by atoms with E-state index in [9.17, 15) is 4.79 Å². The summed E-state index contributed by atoms with van der Waals surface area (Å²) in [7, 11) is 8.03. The molecular formula is C13H22N4O2+2. The summed E-state index contributed by atoms with van der Waals surface area (Å²) in [5.41, 5.74) is 1.30. The largest absolute Gasteiger partial charge is 0.411 e. The Morgan fingerprint density at radius 1 is 1.47 bits per heavy atom. The minimum atomic E-state index is -0.100. The number of aryl methyl sites for hydroxylation is 1. The van der Waals surface area contributed by atoms with Crippen LogP contribution in [0.25, 0.3) is 0 Å². The average molecular weight is 266 g/mol. The van der Waals surface area contributed by atoms with Gasteiger partial charge in [-0.25, -0.2) is 0 Å². The smallest absolute Gasteiger partial charge is 0.257 e. The number of rotatable bonds is 5. The highest BCUT2D eigenvalue weighted by atomic mass is 16.4. The van der Waals surface area contributed by atoms with E-state index < -0.39 is 0 Å². The van der Waals surface area contributed by atoms with Crippen molar-refractivity contribution in [2.75, 3.05) is 34.2 Å². The molecule has 1 amide bonds. The number of amides is 1. The first-order chi connectivity index (χ1) is 8.83. The number of nitrogens with one attached hydrogen (secondary N) is 1. The van der Waals surface area contributed by atoms with Gasteiger partial charge in [0.1, 0.15) is 18.8 Å². The van der Waals surface area contributed by atoms with E-state index in [0.717, 1.165) is 11.0 Å². The Morgan fingerprint density at radius 2 is 2.16 bits per heavy atom. The van der Waals surface area contributed by atoms with Crippen molar-refractivity contribution in [1.82, 2.24) is 5.32 Å². The highest BCUT2D eigenvalue weighted by Crippen LogP contribution is 1.97. The Kier molecular flexibility index (Phi) is 5.00. The normalized spacial score (nSPS) is 11.8. The van der Waals surface area contributed by atoms with E-state index in [0.29, 0.717) is 17.8 Å². The van der Waals surface area contributed by atoms with E-state index in [1.165, 1.54) is 6.21 Å². The number of likely N-dealkylation sites (N-methyl/N-ethyl adjacent to an activating group) is 1. The number of carbonyl (C=O) groups is 1. The molecule has 0 aliphatic heterocycles. The molecule has 0 unspecified atom stereocenters. The number of oxime groups is 1. The zero-order chi connectivity index (χ0) is 14.5. The second-order valence-electron chi connectivity index (χ2n) is 5.47. The lowest BCUT2D eigenvalue weighted by Crippen LogP contribution is -2.42. The molecule has 0 radical (unpaired) electrons. The number of pyridine rings is 1. The third-order valence-corrected chi connectivity index (χ3v) is 2.69. The van der Waals surface area contributed by atoms with E-state index in [-0.39, 0.29) is 5.91 Å². The molecule has 0 atom stereocenters. The van der Waals surface area contributed by atoms with Crippen molar-refractivity contribution in [3.63, 3.8) is 0 Å². The predicted molar refractivity (Wildman–Crippen MR) is 72.2 cm³/mol. The van der Waals surface area contributed by atoms with Gasteiger partial charge in [0.2, 0.25) is 5.69 Å². The van der Waals surface area contributed by atoms with Gasteiger partial charge in [-0.2, -0.15) is 4.57 Å². The third kappa shape index (κ3) is 5.05. The summed E-state index contributed by atoms with van der Waals surface area (Å²) in [6, 6.07) is 3.44.